The highest BCUT2D eigenvalue weighted by Gasteiger charge is 2.49. The predicted molar refractivity (Wildman–Crippen MR) is 73.6 cm³/mol. The molecule has 0 bridgehead atoms. The summed E-state index contributed by atoms with van der Waals surface area (Å²) in [4.78, 5) is 12.0. The molecule has 1 atom stereocenters. The molecule has 0 aliphatic carbocycles. The average Bonchev–Trinajstić information content (AvgIpc) is 2.63. The normalized spacial score (nSPS) is 26.4. The number of carbonyl (C=O) groups excluding carboxylic acids is 1. The van der Waals surface area contributed by atoms with Gasteiger partial charge in [0.15, 0.2) is 0 Å². The van der Waals surface area contributed by atoms with E-state index in [0.29, 0.717) is 22.2 Å². The topological polar surface area (TPSA) is 67.8 Å². The van der Waals surface area contributed by atoms with Gasteiger partial charge in [0.2, 0.25) is 5.72 Å². The fourth-order valence-corrected chi connectivity index (χ4v) is 2.59. The zero-order chi connectivity index (χ0) is 14.5. The highest BCUT2D eigenvalue weighted by atomic mass is 35.5. The van der Waals surface area contributed by atoms with Gasteiger partial charge in [0.1, 0.15) is 22.8 Å². The second kappa shape index (κ2) is 4.18. The number of hydrogen-bond acceptors (Lipinski definition) is 5. The number of ether oxygens (including phenoxy) is 2. The van der Waals surface area contributed by atoms with Crippen molar-refractivity contribution < 1.29 is 19.4 Å². The molecule has 104 valence electrons. The number of benzene rings is 1. The monoisotopic (exact) mass is 293 g/mol. The Kier molecular flexibility index (Phi) is 2.69. The quantitative estimate of drug-likeness (QED) is 0.437. The Labute approximate surface area is 120 Å². The Morgan fingerprint density at radius 3 is 2.90 bits per heavy atom. The second-order valence-electron chi connectivity index (χ2n) is 4.71. The molecule has 2 N–H and O–H groups in total. The van der Waals surface area contributed by atoms with Gasteiger partial charge in [0.05, 0.1) is 5.69 Å². The number of aliphatic hydroxyl groups excluding tert-OH is 1. The summed E-state index contributed by atoms with van der Waals surface area (Å²) in [5.74, 6) is 0.139. The van der Waals surface area contributed by atoms with E-state index in [1.165, 1.54) is 6.92 Å². The lowest BCUT2D eigenvalue weighted by Gasteiger charge is -2.31. The lowest BCUT2D eigenvalue weighted by molar-refractivity contribution is -0.138. The number of esters is 1. The molecule has 1 aromatic rings. The molecule has 2 aliphatic rings. The molecule has 5 nitrogen and oxygen atoms in total. The Hall–Kier alpha value is -2.14. The number of hydrogen-bond donors (Lipinski definition) is 2. The van der Waals surface area contributed by atoms with Crippen LogP contribution < -0.4 is 10.1 Å². The van der Waals surface area contributed by atoms with Gasteiger partial charge in [-0.3, -0.25) is 0 Å². The first-order chi connectivity index (χ1) is 9.41. The van der Waals surface area contributed by atoms with E-state index in [2.05, 4.69) is 5.32 Å². The van der Waals surface area contributed by atoms with Crippen LogP contribution in [0.15, 0.2) is 41.4 Å². The van der Waals surface area contributed by atoms with Crippen LogP contribution in [-0.4, -0.2) is 16.8 Å². The number of allylic oxidation sites excluding steroid dienone is 2. The minimum atomic E-state index is -1.26. The number of cyclic esters (lactones) is 1. The number of carbonyl (C=O) groups is 1. The minimum Gasteiger partial charge on any atom is -0.512 e. The molecule has 0 saturated carbocycles. The van der Waals surface area contributed by atoms with Crippen LogP contribution in [0.2, 0.25) is 5.02 Å². The molecular formula is C14H12ClNO4. The first kappa shape index (κ1) is 12.9. The van der Waals surface area contributed by atoms with Crippen molar-refractivity contribution in [3.63, 3.8) is 0 Å². The Morgan fingerprint density at radius 2 is 2.20 bits per heavy atom. The van der Waals surface area contributed by atoms with Gasteiger partial charge in [-0.15, -0.1) is 0 Å². The number of fused-ring (bicyclic) bond motifs is 1. The third-order valence-corrected chi connectivity index (χ3v) is 3.37. The summed E-state index contributed by atoms with van der Waals surface area (Å²) < 4.78 is 10.9. The first-order valence-electron chi connectivity index (χ1n) is 6.00. The van der Waals surface area contributed by atoms with Gasteiger partial charge in [-0.2, -0.15) is 0 Å². The van der Waals surface area contributed by atoms with Gasteiger partial charge in [-0.05, 0) is 32.0 Å². The molecule has 0 amide bonds. The van der Waals surface area contributed by atoms with Crippen molar-refractivity contribution in [1.82, 2.24) is 0 Å². The van der Waals surface area contributed by atoms with Crippen molar-refractivity contribution in [2.75, 3.05) is 5.32 Å². The van der Waals surface area contributed by atoms with E-state index in [0.717, 1.165) is 0 Å². The van der Waals surface area contributed by atoms with E-state index in [4.69, 9.17) is 21.1 Å². The molecule has 1 aromatic carbocycles. The van der Waals surface area contributed by atoms with E-state index < -0.39 is 11.7 Å². The number of nitrogens with one attached hydrogen (secondary N) is 1. The molecule has 0 radical (unpaired) electrons. The summed E-state index contributed by atoms with van der Waals surface area (Å²) in [5.41, 5.74) is -0.587. The van der Waals surface area contributed by atoms with E-state index in [-0.39, 0.29) is 11.3 Å². The highest BCUT2D eigenvalue weighted by Crippen LogP contribution is 2.44. The van der Waals surface area contributed by atoms with E-state index >= 15 is 0 Å². The summed E-state index contributed by atoms with van der Waals surface area (Å²) in [6.45, 7) is 3.05. The molecule has 2 heterocycles. The SMILES string of the molecule is CC1=CC2(Nc3cc(Cl)ccc3O2)/C(=C(\C)O)C(=O)O1. The largest absolute Gasteiger partial charge is 0.512 e. The summed E-state index contributed by atoms with van der Waals surface area (Å²) >= 11 is 5.94. The van der Waals surface area contributed by atoms with Crippen molar-refractivity contribution in [1.29, 1.82) is 0 Å². The second-order valence-corrected chi connectivity index (χ2v) is 5.14. The Bertz CT molecular complexity index is 676. The summed E-state index contributed by atoms with van der Waals surface area (Å²) in [7, 11) is 0. The van der Waals surface area contributed by atoms with Crippen LogP contribution in [0.3, 0.4) is 0 Å². The lowest BCUT2D eigenvalue weighted by Crippen LogP contribution is -2.47. The number of halogens is 1. The predicted octanol–water partition coefficient (Wildman–Crippen LogP) is 3.13. The van der Waals surface area contributed by atoms with E-state index in [9.17, 15) is 9.90 Å². The van der Waals surface area contributed by atoms with Crippen LogP contribution in [0.25, 0.3) is 0 Å². The molecular weight excluding hydrogens is 282 g/mol. The molecule has 2 aliphatic heterocycles. The van der Waals surface area contributed by atoms with Crippen molar-refractivity contribution in [2.24, 2.45) is 0 Å². The summed E-state index contributed by atoms with van der Waals surface area (Å²) in [6, 6.07) is 5.08. The number of anilines is 1. The maximum absolute atomic E-state index is 12.0. The number of aliphatic hydroxyl groups is 1. The van der Waals surface area contributed by atoms with Gasteiger partial charge >= 0.3 is 5.97 Å². The minimum absolute atomic E-state index is 0.0235. The third-order valence-electron chi connectivity index (χ3n) is 3.13. The molecule has 6 heteroatoms. The smallest absolute Gasteiger partial charge is 0.349 e. The van der Waals surface area contributed by atoms with Crippen LogP contribution in [0.1, 0.15) is 13.8 Å². The van der Waals surface area contributed by atoms with Crippen LogP contribution >= 0.6 is 11.6 Å². The van der Waals surface area contributed by atoms with Crippen molar-refractivity contribution >= 4 is 23.3 Å². The standard InChI is InChI=1S/C14H12ClNO4/c1-7-6-14(12(8(2)17)13(18)19-7)16-10-5-9(15)3-4-11(10)20-14/h3-6,16-17H,1-2H3/b12-8+. The maximum atomic E-state index is 12.0. The fraction of sp³-hybridized carbons (Fsp3) is 0.214. The zero-order valence-corrected chi connectivity index (χ0v) is 11.6. The molecule has 1 unspecified atom stereocenters. The Morgan fingerprint density at radius 1 is 1.45 bits per heavy atom. The van der Waals surface area contributed by atoms with Crippen LogP contribution in [0.5, 0.6) is 5.75 Å². The Balaban J connectivity index is 2.15. The summed E-state index contributed by atoms with van der Waals surface area (Å²) in [6.07, 6.45) is 1.61. The molecule has 0 aromatic heterocycles. The molecule has 20 heavy (non-hydrogen) atoms. The van der Waals surface area contributed by atoms with E-state index in [1.54, 1.807) is 31.2 Å². The average molecular weight is 294 g/mol. The van der Waals surface area contributed by atoms with E-state index in [1.807, 2.05) is 0 Å². The third kappa shape index (κ3) is 1.82. The molecule has 0 saturated heterocycles. The van der Waals surface area contributed by atoms with Gasteiger partial charge in [0, 0.05) is 11.1 Å². The maximum Gasteiger partial charge on any atom is 0.349 e. The molecule has 0 fully saturated rings. The zero-order valence-electron chi connectivity index (χ0n) is 10.9. The van der Waals surface area contributed by atoms with Crippen LogP contribution in [-0.2, 0) is 9.53 Å². The van der Waals surface area contributed by atoms with Gasteiger partial charge in [-0.1, -0.05) is 11.6 Å². The number of rotatable bonds is 0. The van der Waals surface area contributed by atoms with Crippen molar-refractivity contribution in [3.8, 4) is 5.75 Å². The summed E-state index contributed by atoms with van der Waals surface area (Å²) in [5, 5.41) is 13.4. The van der Waals surface area contributed by atoms with Gasteiger partial charge in [0.25, 0.3) is 0 Å². The van der Waals surface area contributed by atoms with Gasteiger partial charge < -0.3 is 19.9 Å². The van der Waals surface area contributed by atoms with Crippen molar-refractivity contribution in [2.45, 2.75) is 19.6 Å². The molecule has 1 spiro atoms. The van der Waals surface area contributed by atoms with Gasteiger partial charge in [-0.25, -0.2) is 4.79 Å². The highest BCUT2D eigenvalue weighted by molar-refractivity contribution is 6.31. The fourth-order valence-electron chi connectivity index (χ4n) is 2.42. The van der Waals surface area contributed by atoms with Crippen LogP contribution in [0, 0.1) is 0 Å². The van der Waals surface area contributed by atoms with Crippen molar-refractivity contribution in [3.05, 3.63) is 46.4 Å². The lowest BCUT2D eigenvalue weighted by atomic mass is 9.98. The first-order valence-corrected chi connectivity index (χ1v) is 6.38. The van der Waals surface area contributed by atoms with Crippen LogP contribution in [0.4, 0.5) is 5.69 Å². The molecule has 3 rings (SSSR count).